The molecule has 0 aliphatic heterocycles. The number of hydrogen-bond acceptors (Lipinski definition) is 6. The van der Waals surface area contributed by atoms with E-state index in [9.17, 15) is 22.4 Å². The number of nitrogens with two attached hydrogens (primary N) is 1. The van der Waals surface area contributed by atoms with Crippen molar-refractivity contribution < 1.29 is 31.8 Å². The number of amides is 1. The van der Waals surface area contributed by atoms with Crippen LogP contribution in [0.1, 0.15) is 45.2 Å². The van der Waals surface area contributed by atoms with Gasteiger partial charge < -0.3 is 20.1 Å². The minimum atomic E-state index is -4.69. The predicted octanol–water partition coefficient (Wildman–Crippen LogP) is 4.70. The number of halogens is 4. The fraction of sp³-hybridized carbons (Fsp3) is 0.500. The Labute approximate surface area is 215 Å². The Balaban J connectivity index is 2.17. The number of methoxy groups -OCH3 is 1. The number of ether oxygens (including phenoxy) is 2. The molecule has 5 N–H and O–H groups in total. The molecule has 0 radical (unpaired) electrons. The summed E-state index contributed by atoms with van der Waals surface area (Å²) in [6.07, 6.45) is -4.66. The SMILES string of the molecule is CC[C@@H](CNc1ccc(OCN)cc1OC)NC(=O)[C@H](CC(C)(C)F)N[C@@H](c1ccccc1)C(F)(F)F. The van der Waals surface area contributed by atoms with Crippen molar-refractivity contribution in [2.24, 2.45) is 5.73 Å². The zero-order valence-electron chi connectivity index (χ0n) is 21.5. The van der Waals surface area contributed by atoms with Gasteiger partial charge in [-0.2, -0.15) is 13.2 Å². The largest absolute Gasteiger partial charge is 0.494 e. The summed E-state index contributed by atoms with van der Waals surface area (Å²) in [7, 11) is 1.49. The maximum absolute atomic E-state index is 14.6. The van der Waals surface area contributed by atoms with Crippen LogP contribution in [0, 0.1) is 0 Å². The van der Waals surface area contributed by atoms with Crippen molar-refractivity contribution in [2.75, 3.05) is 25.7 Å². The van der Waals surface area contributed by atoms with E-state index in [4.69, 9.17) is 15.2 Å². The summed E-state index contributed by atoms with van der Waals surface area (Å²) in [5.74, 6) is 0.288. The lowest BCUT2D eigenvalue weighted by Crippen LogP contribution is -2.53. The third-order valence-corrected chi connectivity index (χ3v) is 5.64. The highest BCUT2D eigenvalue weighted by atomic mass is 19.4. The maximum Gasteiger partial charge on any atom is 0.407 e. The van der Waals surface area contributed by atoms with Crippen molar-refractivity contribution in [1.82, 2.24) is 10.6 Å². The summed E-state index contributed by atoms with van der Waals surface area (Å²) in [5.41, 5.74) is 4.07. The van der Waals surface area contributed by atoms with Crippen LogP contribution in [-0.2, 0) is 4.79 Å². The second kappa shape index (κ2) is 13.5. The summed E-state index contributed by atoms with van der Waals surface area (Å²) in [5, 5.41) is 8.29. The van der Waals surface area contributed by atoms with Gasteiger partial charge in [0.1, 0.15) is 29.9 Å². The van der Waals surface area contributed by atoms with E-state index in [1.165, 1.54) is 45.2 Å². The van der Waals surface area contributed by atoms with Gasteiger partial charge in [-0.25, -0.2) is 4.39 Å². The van der Waals surface area contributed by atoms with Crippen LogP contribution < -0.4 is 31.2 Å². The minimum Gasteiger partial charge on any atom is -0.494 e. The number of hydrogen-bond donors (Lipinski definition) is 4. The second-order valence-electron chi connectivity index (χ2n) is 9.20. The molecule has 0 unspecified atom stereocenters. The van der Waals surface area contributed by atoms with Gasteiger partial charge in [-0.1, -0.05) is 37.3 Å². The van der Waals surface area contributed by atoms with E-state index in [0.717, 1.165) is 0 Å². The smallest absolute Gasteiger partial charge is 0.407 e. The molecule has 37 heavy (non-hydrogen) atoms. The van der Waals surface area contributed by atoms with Crippen molar-refractivity contribution in [2.45, 2.75) is 63.6 Å². The number of benzene rings is 2. The fourth-order valence-electron chi connectivity index (χ4n) is 3.78. The molecule has 206 valence electrons. The van der Waals surface area contributed by atoms with Gasteiger partial charge in [0.05, 0.1) is 18.8 Å². The second-order valence-corrected chi connectivity index (χ2v) is 9.20. The van der Waals surface area contributed by atoms with Crippen LogP contribution in [0.5, 0.6) is 11.5 Å². The molecule has 0 heterocycles. The first-order chi connectivity index (χ1) is 17.4. The van der Waals surface area contributed by atoms with E-state index < -0.39 is 42.3 Å². The molecule has 2 aromatic carbocycles. The monoisotopic (exact) mass is 528 g/mol. The lowest BCUT2D eigenvalue weighted by atomic mass is 9.97. The molecule has 0 spiro atoms. The fourth-order valence-corrected chi connectivity index (χ4v) is 3.78. The molecule has 0 saturated carbocycles. The van der Waals surface area contributed by atoms with E-state index >= 15 is 0 Å². The normalized spacial score (nSPS) is 14.4. The number of carbonyl (C=O) groups is 1. The first kappa shape index (κ1) is 30.2. The molecule has 0 bridgehead atoms. The third-order valence-electron chi connectivity index (χ3n) is 5.64. The molecule has 3 atom stereocenters. The van der Waals surface area contributed by atoms with E-state index in [1.807, 2.05) is 6.92 Å². The molecule has 0 aliphatic carbocycles. The summed E-state index contributed by atoms with van der Waals surface area (Å²) >= 11 is 0. The van der Waals surface area contributed by atoms with E-state index in [1.54, 1.807) is 24.3 Å². The van der Waals surface area contributed by atoms with Gasteiger partial charge in [-0.3, -0.25) is 15.8 Å². The van der Waals surface area contributed by atoms with Crippen molar-refractivity contribution in [3.63, 3.8) is 0 Å². The Morgan fingerprint density at radius 2 is 1.76 bits per heavy atom. The van der Waals surface area contributed by atoms with Crippen LogP contribution in [0.2, 0.25) is 0 Å². The maximum atomic E-state index is 14.6. The molecule has 0 saturated heterocycles. The summed E-state index contributed by atoms with van der Waals surface area (Å²) in [4.78, 5) is 13.1. The van der Waals surface area contributed by atoms with Crippen LogP contribution in [0.3, 0.4) is 0 Å². The predicted molar refractivity (Wildman–Crippen MR) is 135 cm³/mol. The van der Waals surface area contributed by atoms with Crippen LogP contribution in [0.4, 0.5) is 23.2 Å². The molecule has 0 aliphatic rings. The van der Waals surface area contributed by atoms with Crippen LogP contribution in [0.25, 0.3) is 0 Å². The summed E-state index contributed by atoms with van der Waals surface area (Å²) < 4.78 is 66.9. The zero-order chi connectivity index (χ0) is 27.6. The minimum absolute atomic E-state index is 0.00419. The van der Waals surface area contributed by atoms with Gasteiger partial charge in [-0.15, -0.1) is 0 Å². The van der Waals surface area contributed by atoms with E-state index in [2.05, 4.69) is 16.0 Å². The highest BCUT2D eigenvalue weighted by Crippen LogP contribution is 2.34. The molecule has 7 nitrogen and oxygen atoms in total. The Kier molecular flexibility index (Phi) is 11.0. The van der Waals surface area contributed by atoms with Crippen molar-refractivity contribution in [3.8, 4) is 11.5 Å². The highest BCUT2D eigenvalue weighted by molar-refractivity contribution is 5.82. The van der Waals surface area contributed by atoms with Crippen molar-refractivity contribution >= 4 is 11.6 Å². The van der Waals surface area contributed by atoms with Gasteiger partial charge in [0, 0.05) is 25.1 Å². The van der Waals surface area contributed by atoms with Crippen LogP contribution in [-0.4, -0.2) is 50.2 Å². The van der Waals surface area contributed by atoms with Gasteiger partial charge in [0.2, 0.25) is 5.91 Å². The van der Waals surface area contributed by atoms with Crippen molar-refractivity contribution in [3.05, 3.63) is 54.1 Å². The average Bonchev–Trinajstić information content (AvgIpc) is 2.83. The van der Waals surface area contributed by atoms with Gasteiger partial charge in [-0.05, 0) is 38.0 Å². The molecule has 0 aromatic heterocycles. The lowest BCUT2D eigenvalue weighted by Gasteiger charge is -2.31. The summed E-state index contributed by atoms with van der Waals surface area (Å²) in [6.45, 7) is 4.53. The van der Waals surface area contributed by atoms with Crippen molar-refractivity contribution in [1.29, 1.82) is 0 Å². The third kappa shape index (κ3) is 9.73. The Morgan fingerprint density at radius 3 is 2.30 bits per heavy atom. The molecule has 0 fully saturated rings. The zero-order valence-corrected chi connectivity index (χ0v) is 21.5. The average molecular weight is 529 g/mol. The molecule has 1 amide bonds. The lowest BCUT2D eigenvalue weighted by molar-refractivity contribution is -0.161. The van der Waals surface area contributed by atoms with Crippen LogP contribution in [0.15, 0.2) is 48.5 Å². The Hall–Kier alpha value is -3.05. The van der Waals surface area contributed by atoms with Gasteiger partial charge in [0.15, 0.2) is 0 Å². The molecule has 11 heteroatoms. The van der Waals surface area contributed by atoms with E-state index in [-0.39, 0.29) is 18.8 Å². The van der Waals surface area contributed by atoms with Crippen LogP contribution >= 0.6 is 0 Å². The summed E-state index contributed by atoms with van der Waals surface area (Å²) in [6, 6.07) is 8.24. The molecular formula is C26H36F4N4O3. The highest BCUT2D eigenvalue weighted by Gasteiger charge is 2.43. The van der Waals surface area contributed by atoms with Gasteiger partial charge in [0.25, 0.3) is 0 Å². The number of carbonyl (C=O) groups excluding carboxylic acids is 1. The number of rotatable bonds is 14. The quantitative estimate of drug-likeness (QED) is 0.210. The number of alkyl halides is 4. The Morgan fingerprint density at radius 1 is 1.08 bits per heavy atom. The Bertz CT molecular complexity index is 984. The first-order valence-corrected chi connectivity index (χ1v) is 12.0. The first-order valence-electron chi connectivity index (χ1n) is 12.0. The molecule has 2 aromatic rings. The standard InChI is InChI=1S/C26H36F4N4O3/c1-5-18(15-32-20-12-11-19(37-16-31)13-22(20)36-4)33-24(35)21(14-25(2,3)27)34-23(26(28,29)30)17-9-7-6-8-10-17/h6-13,18,21,23,32,34H,5,14-16,31H2,1-4H3,(H,33,35)/t18-,21-,23-/m0/s1. The number of nitrogens with one attached hydrogen (secondary N) is 3. The van der Waals surface area contributed by atoms with E-state index in [0.29, 0.717) is 23.6 Å². The number of anilines is 1. The van der Waals surface area contributed by atoms with Gasteiger partial charge >= 0.3 is 6.18 Å². The molecule has 2 rings (SSSR count). The topological polar surface area (TPSA) is 97.6 Å². The molecular weight excluding hydrogens is 492 g/mol.